The Balaban J connectivity index is 2.06. The molecule has 3 rings (SSSR count). The zero-order valence-electron chi connectivity index (χ0n) is 18.9. The second-order valence-corrected chi connectivity index (χ2v) is 8.08. The minimum Gasteiger partial charge on any atom is -0.333 e. The van der Waals surface area contributed by atoms with Crippen LogP contribution in [-0.4, -0.2) is 26.9 Å². The Labute approximate surface area is 184 Å². The smallest absolute Gasteiger partial charge is 0.261 e. The predicted molar refractivity (Wildman–Crippen MR) is 126 cm³/mol. The maximum atomic E-state index is 13.4. The van der Waals surface area contributed by atoms with Gasteiger partial charge in [-0.1, -0.05) is 69.2 Å². The number of carbonyl (C=O) groups is 1. The van der Waals surface area contributed by atoms with Crippen LogP contribution in [0.1, 0.15) is 70.3 Å². The molecule has 0 saturated carbocycles. The first-order valence-corrected chi connectivity index (χ1v) is 11.4. The molecule has 0 aliphatic heterocycles. The molecule has 5 nitrogen and oxygen atoms in total. The number of benzene rings is 2. The summed E-state index contributed by atoms with van der Waals surface area (Å²) in [5, 5.41) is 0.602. The molecule has 0 aliphatic rings. The highest BCUT2D eigenvalue weighted by molar-refractivity contribution is 5.78. The Hall–Kier alpha value is -2.95. The summed E-state index contributed by atoms with van der Waals surface area (Å²) >= 11 is 0. The lowest BCUT2D eigenvalue weighted by atomic mass is 10.1. The zero-order valence-corrected chi connectivity index (χ0v) is 18.9. The second-order valence-electron chi connectivity index (χ2n) is 8.08. The molecule has 1 atom stereocenters. The normalized spacial score (nSPS) is 12.1. The molecule has 0 spiro atoms. The summed E-state index contributed by atoms with van der Waals surface area (Å²) in [6, 6.07) is 17.1. The van der Waals surface area contributed by atoms with Gasteiger partial charge in [-0.05, 0) is 37.5 Å². The number of amides is 1. The lowest BCUT2D eigenvalue weighted by Crippen LogP contribution is -2.38. The maximum absolute atomic E-state index is 13.4. The summed E-state index contributed by atoms with van der Waals surface area (Å²) in [4.78, 5) is 33.3. The third-order valence-corrected chi connectivity index (χ3v) is 5.69. The first-order chi connectivity index (χ1) is 15.1. The number of aromatic nitrogens is 2. The first-order valence-electron chi connectivity index (χ1n) is 11.4. The summed E-state index contributed by atoms with van der Waals surface area (Å²) in [6.45, 7) is 7.29. The van der Waals surface area contributed by atoms with Gasteiger partial charge in [0.1, 0.15) is 5.82 Å². The molecule has 5 heteroatoms. The van der Waals surface area contributed by atoms with E-state index in [0.717, 1.165) is 31.2 Å². The molecule has 0 N–H and O–H groups in total. The largest absolute Gasteiger partial charge is 0.333 e. The Bertz CT molecular complexity index is 1060. The van der Waals surface area contributed by atoms with Gasteiger partial charge >= 0.3 is 0 Å². The lowest BCUT2D eigenvalue weighted by molar-refractivity contribution is -0.133. The number of fused-ring (bicyclic) bond motifs is 1. The van der Waals surface area contributed by atoms with Crippen LogP contribution in [-0.2, 0) is 11.3 Å². The van der Waals surface area contributed by atoms with Gasteiger partial charge in [-0.15, -0.1) is 0 Å². The van der Waals surface area contributed by atoms with Crippen LogP contribution in [0.5, 0.6) is 0 Å². The van der Waals surface area contributed by atoms with E-state index in [9.17, 15) is 9.59 Å². The Morgan fingerprint density at radius 3 is 2.42 bits per heavy atom. The van der Waals surface area contributed by atoms with E-state index in [1.54, 1.807) is 4.57 Å². The lowest BCUT2D eigenvalue weighted by Gasteiger charge is -2.30. The predicted octanol–water partition coefficient (Wildman–Crippen LogP) is 5.32. The standard InChI is InChI=1S/C26H33N3O2/c1-4-6-8-17-24(30)28(18-5-2)20(3)25-27-23-16-12-11-15-22(23)26(31)29(25)19-21-13-9-7-10-14-21/h7,9-16,20H,4-6,8,17-19H2,1-3H3. The van der Waals surface area contributed by atoms with Gasteiger partial charge in [-0.3, -0.25) is 14.2 Å². The molecule has 0 bridgehead atoms. The molecule has 31 heavy (non-hydrogen) atoms. The summed E-state index contributed by atoms with van der Waals surface area (Å²) in [5.74, 6) is 0.779. The molecule has 1 amide bonds. The number of para-hydroxylation sites is 1. The third-order valence-electron chi connectivity index (χ3n) is 5.69. The van der Waals surface area contributed by atoms with Gasteiger partial charge in [0.05, 0.1) is 23.5 Å². The molecular weight excluding hydrogens is 386 g/mol. The van der Waals surface area contributed by atoms with Gasteiger partial charge in [0, 0.05) is 13.0 Å². The SMILES string of the molecule is CCCCCC(=O)N(CCC)C(C)c1nc2ccccc2c(=O)n1Cc1ccccc1. The van der Waals surface area contributed by atoms with Crippen LogP contribution in [0.4, 0.5) is 0 Å². The highest BCUT2D eigenvalue weighted by atomic mass is 16.2. The molecule has 2 aromatic carbocycles. The van der Waals surface area contributed by atoms with Crippen molar-refractivity contribution in [1.29, 1.82) is 0 Å². The fourth-order valence-corrected chi connectivity index (χ4v) is 4.01. The average Bonchev–Trinajstić information content (AvgIpc) is 2.79. The fourth-order valence-electron chi connectivity index (χ4n) is 4.01. The summed E-state index contributed by atoms with van der Waals surface area (Å²) in [7, 11) is 0. The van der Waals surface area contributed by atoms with Crippen molar-refractivity contribution in [2.24, 2.45) is 0 Å². The third kappa shape index (κ3) is 5.40. The molecule has 1 heterocycles. The molecule has 164 valence electrons. The number of hydrogen-bond donors (Lipinski definition) is 0. The number of hydrogen-bond acceptors (Lipinski definition) is 3. The van der Waals surface area contributed by atoms with E-state index in [0.29, 0.717) is 36.2 Å². The van der Waals surface area contributed by atoms with Crippen molar-refractivity contribution in [3.63, 3.8) is 0 Å². The van der Waals surface area contributed by atoms with Crippen LogP contribution in [0.25, 0.3) is 10.9 Å². The molecule has 0 aliphatic carbocycles. The quantitative estimate of drug-likeness (QED) is 0.418. The van der Waals surface area contributed by atoms with Crippen LogP contribution in [0.2, 0.25) is 0 Å². The van der Waals surface area contributed by atoms with Crippen LogP contribution >= 0.6 is 0 Å². The highest BCUT2D eigenvalue weighted by Crippen LogP contribution is 2.22. The van der Waals surface area contributed by atoms with Crippen molar-refractivity contribution in [2.75, 3.05) is 6.54 Å². The van der Waals surface area contributed by atoms with Crippen LogP contribution in [0, 0.1) is 0 Å². The van der Waals surface area contributed by atoms with Crippen molar-refractivity contribution >= 4 is 16.8 Å². The summed E-state index contributed by atoms with van der Waals surface area (Å²) in [6.07, 6.45) is 4.42. The van der Waals surface area contributed by atoms with E-state index in [1.165, 1.54) is 0 Å². The van der Waals surface area contributed by atoms with Crippen molar-refractivity contribution in [3.05, 3.63) is 76.3 Å². The number of nitrogens with zero attached hydrogens (tertiary/aromatic N) is 3. The summed E-state index contributed by atoms with van der Waals surface area (Å²) < 4.78 is 1.74. The monoisotopic (exact) mass is 419 g/mol. The molecule has 0 saturated heterocycles. The van der Waals surface area contributed by atoms with Crippen molar-refractivity contribution < 1.29 is 4.79 Å². The molecule has 1 aromatic heterocycles. The first kappa shape index (κ1) is 22.7. The van der Waals surface area contributed by atoms with Gasteiger partial charge < -0.3 is 4.90 Å². The van der Waals surface area contributed by atoms with E-state index in [2.05, 4.69) is 13.8 Å². The van der Waals surface area contributed by atoms with Crippen LogP contribution in [0.3, 0.4) is 0 Å². The van der Waals surface area contributed by atoms with Crippen LogP contribution < -0.4 is 5.56 Å². The van der Waals surface area contributed by atoms with E-state index in [1.807, 2.05) is 66.4 Å². The van der Waals surface area contributed by atoms with Crippen molar-refractivity contribution in [2.45, 2.75) is 65.5 Å². The van der Waals surface area contributed by atoms with E-state index < -0.39 is 0 Å². The maximum Gasteiger partial charge on any atom is 0.261 e. The van der Waals surface area contributed by atoms with E-state index in [-0.39, 0.29) is 17.5 Å². The topological polar surface area (TPSA) is 55.2 Å². The molecule has 0 radical (unpaired) electrons. The van der Waals surface area contributed by atoms with Gasteiger partial charge in [0.2, 0.25) is 5.91 Å². The van der Waals surface area contributed by atoms with Crippen LogP contribution in [0.15, 0.2) is 59.4 Å². The van der Waals surface area contributed by atoms with Gasteiger partial charge in [0.15, 0.2) is 0 Å². The number of rotatable bonds is 10. The minimum absolute atomic E-state index is 0.0637. The highest BCUT2D eigenvalue weighted by Gasteiger charge is 2.25. The molecule has 0 fully saturated rings. The molecule has 3 aromatic rings. The Morgan fingerprint density at radius 2 is 1.71 bits per heavy atom. The van der Waals surface area contributed by atoms with E-state index in [4.69, 9.17) is 4.98 Å². The zero-order chi connectivity index (χ0) is 22.2. The van der Waals surface area contributed by atoms with Gasteiger partial charge in [-0.2, -0.15) is 0 Å². The van der Waals surface area contributed by atoms with Crippen molar-refractivity contribution in [3.8, 4) is 0 Å². The second kappa shape index (κ2) is 10.9. The fraction of sp³-hybridized carbons (Fsp3) is 0.423. The molecular formula is C26H33N3O2. The van der Waals surface area contributed by atoms with E-state index >= 15 is 0 Å². The Kier molecular flexibility index (Phi) is 7.99. The number of carbonyl (C=O) groups excluding carboxylic acids is 1. The molecule has 1 unspecified atom stereocenters. The number of unbranched alkanes of at least 4 members (excludes halogenated alkanes) is 2. The Morgan fingerprint density at radius 1 is 1.00 bits per heavy atom. The van der Waals surface area contributed by atoms with Gasteiger partial charge in [-0.25, -0.2) is 4.98 Å². The van der Waals surface area contributed by atoms with Crippen molar-refractivity contribution in [1.82, 2.24) is 14.5 Å². The van der Waals surface area contributed by atoms with Gasteiger partial charge in [0.25, 0.3) is 5.56 Å². The minimum atomic E-state index is -0.282. The summed E-state index contributed by atoms with van der Waals surface area (Å²) in [5.41, 5.74) is 1.64. The average molecular weight is 420 g/mol.